The van der Waals surface area contributed by atoms with Gasteiger partial charge in [0.25, 0.3) is 5.56 Å². The van der Waals surface area contributed by atoms with Crippen LogP contribution in [0.1, 0.15) is 24.4 Å². The summed E-state index contributed by atoms with van der Waals surface area (Å²) >= 11 is 1.63. The normalized spacial score (nSPS) is 14.9. The van der Waals surface area contributed by atoms with Crippen molar-refractivity contribution in [3.05, 3.63) is 58.6 Å². The fraction of sp³-hybridized carbons (Fsp3) is 0.263. The highest BCUT2D eigenvalue weighted by Gasteiger charge is 2.15. The van der Waals surface area contributed by atoms with Gasteiger partial charge in [-0.15, -0.1) is 11.8 Å². The molecule has 6 heteroatoms. The molecule has 1 N–H and O–H groups in total. The first kappa shape index (κ1) is 16.0. The first-order chi connectivity index (χ1) is 12.2. The molecule has 0 bridgehead atoms. The summed E-state index contributed by atoms with van der Waals surface area (Å²) in [6.45, 7) is 3.37. The van der Waals surface area contributed by atoms with E-state index in [2.05, 4.69) is 9.97 Å². The molecule has 25 heavy (non-hydrogen) atoms. The minimum absolute atomic E-state index is 0.00190. The third kappa shape index (κ3) is 3.35. The maximum atomic E-state index is 12.2. The fourth-order valence-corrected chi connectivity index (χ4v) is 3.73. The highest BCUT2D eigenvalue weighted by atomic mass is 32.2. The monoisotopic (exact) mass is 354 g/mol. The molecule has 4 rings (SSSR count). The number of H-pyrrole nitrogens is 1. The predicted molar refractivity (Wildman–Crippen MR) is 98.7 cm³/mol. The van der Waals surface area contributed by atoms with Gasteiger partial charge in [-0.2, -0.15) is 0 Å². The molecule has 0 spiro atoms. The Morgan fingerprint density at radius 1 is 1.12 bits per heavy atom. The molecule has 1 aliphatic rings. The molecular weight excluding hydrogens is 336 g/mol. The first-order valence-corrected chi connectivity index (χ1v) is 9.14. The van der Waals surface area contributed by atoms with Crippen LogP contribution >= 0.6 is 11.8 Å². The zero-order chi connectivity index (χ0) is 17.2. The molecule has 128 valence electrons. The SMILES string of the molecule is C[C@H](Sc1ccc2c(c1)OCCCO2)c1nc2ccccc2c(=O)[nH]1. The number of benzene rings is 2. The molecule has 5 nitrogen and oxygen atoms in total. The van der Waals surface area contributed by atoms with Gasteiger partial charge >= 0.3 is 0 Å². The number of nitrogens with one attached hydrogen (secondary N) is 1. The maximum absolute atomic E-state index is 12.2. The third-order valence-corrected chi connectivity index (χ3v) is 5.15. The molecule has 0 saturated carbocycles. The van der Waals surface area contributed by atoms with Crippen LogP contribution in [-0.4, -0.2) is 23.2 Å². The Labute approximate surface area is 149 Å². The van der Waals surface area contributed by atoms with E-state index in [0.29, 0.717) is 29.9 Å². The average Bonchev–Trinajstić information content (AvgIpc) is 2.86. The molecule has 0 fully saturated rings. The molecular formula is C19H18N2O3S. The van der Waals surface area contributed by atoms with Crippen LogP contribution in [0.4, 0.5) is 0 Å². The highest BCUT2D eigenvalue weighted by Crippen LogP contribution is 2.38. The topological polar surface area (TPSA) is 64.2 Å². The van der Waals surface area contributed by atoms with Gasteiger partial charge in [-0.05, 0) is 37.3 Å². The van der Waals surface area contributed by atoms with E-state index in [1.54, 1.807) is 17.8 Å². The Bertz CT molecular complexity index is 970. The lowest BCUT2D eigenvalue weighted by atomic mass is 10.2. The van der Waals surface area contributed by atoms with E-state index in [1.807, 2.05) is 43.3 Å². The van der Waals surface area contributed by atoms with E-state index in [1.165, 1.54) is 0 Å². The maximum Gasteiger partial charge on any atom is 0.258 e. The van der Waals surface area contributed by atoms with Gasteiger partial charge in [0.1, 0.15) is 5.82 Å². The Balaban J connectivity index is 1.61. The minimum atomic E-state index is -0.105. The van der Waals surface area contributed by atoms with Crippen LogP contribution in [0.15, 0.2) is 52.2 Å². The summed E-state index contributed by atoms with van der Waals surface area (Å²) < 4.78 is 11.4. The molecule has 0 unspecified atom stereocenters. The van der Waals surface area contributed by atoms with E-state index in [9.17, 15) is 4.79 Å². The molecule has 3 aromatic rings. The quantitative estimate of drug-likeness (QED) is 0.722. The summed E-state index contributed by atoms with van der Waals surface area (Å²) in [4.78, 5) is 20.8. The second-order valence-electron chi connectivity index (χ2n) is 5.89. The number of thioether (sulfide) groups is 1. The second-order valence-corrected chi connectivity index (χ2v) is 7.30. The predicted octanol–water partition coefficient (Wildman–Crippen LogP) is 3.94. The van der Waals surface area contributed by atoms with Crippen LogP contribution in [0.2, 0.25) is 0 Å². The lowest BCUT2D eigenvalue weighted by Gasteiger charge is -2.13. The third-order valence-electron chi connectivity index (χ3n) is 4.05. The summed E-state index contributed by atoms with van der Waals surface area (Å²) in [6.07, 6.45) is 0.885. The Morgan fingerprint density at radius 2 is 1.92 bits per heavy atom. The number of aromatic nitrogens is 2. The molecule has 1 aliphatic heterocycles. The summed E-state index contributed by atoms with van der Waals surface area (Å²) in [5.74, 6) is 2.22. The number of para-hydroxylation sites is 1. The Hall–Kier alpha value is -2.47. The first-order valence-electron chi connectivity index (χ1n) is 8.26. The molecule has 2 aromatic carbocycles. The number of nitrogens with zero attached hydrogens (tertiary/aromatic N) is 1. The van der Waals surface area contributed by atoms with Crippen molar-refractivity contribution in [3.63, 3.8) is 0 Å². The van der Waals surface area contributed by atoms with Crippen LogP contribution in [0.25, 0.3) is 10.9 Å². The van der Waals surface area contributed by atoms with Gasteiger partial charge in [-0.1, -0.05) is 12.1 Å². The number of hydrogen-bond acceptors (Lipinski definition) is 5. The van der Waals surface area contributed by atoms with Crippen molar-refractivity contribution >= 4 is 22.7 Å². The molecule has 0 radical (unpaired) electrons. The minimum Gasteiger partial charge on any atom is -0.490 e. The Morgan fingerprint density at radius 3 is 2.80 bits per heavy atom. The van der Waals surface area contributed by atoms with Crippen molar-refractivity contribution < 1.29 is 9.47 Å². The number of ether oxygens (including phenoxy) is 2. The number of rotatable bonds is 3. The number of aromatic amines is 1. The Kier molecular flexibility index (Phi) is 4.36. The van der Waals surface area contributed by atoms with E-state index in [0.717, 1.165) is 22.8 Å². The lowest BCUT2D eigenvalue weighted by Crippen LogP contribution is -2.12. The lowest BCUT2D eigenvalue weighted by molar-refractivity contribution is 0.297. The molecule has 1 atom stereocenters. The van der Waals surface area contributed by atoms with Gasteiger partial charge in [0.2, 0.25) is 0 Å². The standard InChI is InChI=1S/C19H18N2O3S/c1-12(18-20-15-6-3-2-5-14(15)19(22)21-18)25-13-7-8-16-17(11-13)24-10-4-9-23-16/h2-3,5-8,11-12H,4,9-10H2,1H3,(H,20,21,22)/t12-/m0/s1. The summed E-state index contributed by atoms with van der Waals surface area (Å²) in [6, 6.07) is 13.3. The smallest absolute Gasteiger partial charge is 0.258 e. The van der Waals surface area contributed by atoms with Crippen molar-refractivity contribution in [1.82, 2.24) is 9.97 Å². The summed E-state index contributed by atoms with van der Waals surface area (Å²) in [7, 11) is 0. The second kappa shape index (κ2) is 6.80. The average molecular weight is 354 g/mol. The van der Waals surface area contributed by atoms with Crippen molar-refractivity contribution in [2.45, 2.75) is 23.5 Å². The summed E-state index contributed by atoms with van der Waals surface area (Å²) in [5, 5.41) is 0.612. The van der Waals surface area contributed by atoms with E-state index in [-0.39, 0.29) is 10.8 Å². The molecule has 2 heterocycles. The van der Waals surface area contributed by atoms with Crippen molar-refractivity contribution in [2.24, 2.45) is 0 Å². The summed E-state index contributed by atoms with van der Waals surface area (Å²) in [5.41, 5.74) is 0.610. The van der Waals surface area contributed by atoms with Gasteiger partial charge in [0, 0.05) is 11.3 Å². The molecule has 0 amide bonds. The van der Waals surface area contributed by atoms with Gasteiger partial charge < -0.3 is 14.5 Å². The van der Waals surface area contributed by atoms with Gasteiger partial charge in [-0.25, -0.2) is 4.98 Å². The van der Waals surface area contributed by atoms with Crippen LogP contribution in [-0.2, 0) is 0 Å². The molecule has 1 aromatic heterocycles. The van der Waals surface area contributed by atoms with Crippen LogP contribution < -0.4 is 15.0 Å². The zero-order valence-corrected chi connectivity index (χ0v) is 14.6. The van der Waals surface area contributed by atoms with E-state index in [4.69, 9.17) is 9.47 Å². The van der Waals surface area contributed by atoms with Gasteiger partial charge in [-0.3, -0.25) is 4.79 Å². The zero-order valence-electron chi connectivity index (χ0n) is 13.8. The molecule has 0 aliphatic carbocycles. The van der Waals surface area contributed by atoms with Crippen molar-refractivity contribution in [1.29, 1.82) is 0 Å². The van der Waals surface area contributed by atoms with Crippen LogP contribution in [0, 0.1) is 0 Å². The van der Waals surface area contributed by atoms with Crippen LogP contribution in [0.3, 0.4) is 0 Å². The van der Waals surface area contributed by atoms with Crippen LogP contribution in [0.5, 0.6) is 11.5 Å². The van der Waals surface area contributed by atoms with E-state index < -0.39 is 0 Å². The van der Waals surface area contributed by atoms with E-state index >= 15 is 0 Å². The largest absolute Gasteiger partial charge is 0.490 e. The number of fused-ring (bicyclic) bond motifs is 2. The van der Waals surface area contributed by atoms with Gasteiger partial charge in [0.05, 0.1) is 29.4 Å². The van der Waals surface area contributed by atoms with Crippen molar-refractivity contribution in [3.8, 4) is 11.5 Å². The number of hydrogen-bond donors (Lipinski definition) is 1. The van der Waals surface area contributed by atoms with Crippen molar-refractivity contribution in [2.75, 3.05) is 13.2 Å². The molecule has 0 saturated heterocycles. The highest BCUT2D eigenvalue weighted by molar-refractivity contribution is 7.99. The fourth-order valence-electron chi connectivity index (χ4n) is 2.77. The van der Waals surface area contributed by atoms with Gasteiger partial charge in [0.15, 0.2) is 11.5 Å².